The van der Waals surface area contributed by atoms with E-state index in [2.05, 4.69) is 24.4 Å². The van der Waals surface area contributed by atoms with Crippen LogP contribution in [0.2, 0.25) is 0 Å². The number of halogens is 2. The van der Waals surface area contributed by atoms with Crippen molar-refractivity contribution in [1.82, 2.24) is 5.32 Å². The highest BCUT2D eigenvalue weighted by Gasteiger charge is 2.24. The van der Waals surface area contributed by atoms with Crippen LogP contribution in [0.15, 0.2) is 71.6 Å². The normalized spacial score (nSPS) is 12.8. The summed E-state index contributed by atoms with van der Waals surface area (Å²) in [7, 11) is 0. The average molecular weight is 499 g/mol. The maximum absolute atomic E-state index is 13.7. The van der Waals surface area contributed by atoms with Crippen LogP contribution in [-0.2, 0) is 24.1 Å². The molecule has 2 atom stereocenters. The van der Waals surface area contributed by atoms with Crippen molar-refractivity contribution in [1.29, 1.82) is 0 Å². The third kappa shape index (κ3) is 8.46. The van der Waals surface area contributed by atoms with E-state index in [1.54, 1.807) is 23.9 Å². The van der Waals surface area contributed by atoms with Crippen LogP contribution in [0.4, 0.5) is 8.78 Å². The molecule has 0 aromatic heterocycles. The molecule has 3 rings (SSSR count). The van der Waals surface area contributed by atoms with Gasteiger partial charge < -0.3 is 15.8 Å². The van der Waals surface area contributed by atoms with Gasteiger partial charge in [0.25, 0.3) is 0 Å². The van der Waals surface area contributed by atoms with Gasteiger partial charge in [0.05, 0.1) is 5.56 Å². The number of hydrogen-bond donors (Lipinski definition) is 2. The van der Waals surface area contributed by atoms with Crippen molar-refractivity contribution in [3.8, 4) is 0 Å². The van der Waals surface area contributed by atoms with E-state index in [0.29, 0.717) is 24.2 Å². The summed E-state index contributed by atoms with van der Waals surface area (Å²) in [5, 5.41) is 3.32. The molecule has 186 valence electrons. The maximum Gasteiger partial charge on any atom is 0.338 e. The van der Waals surface area contributed by atoms with Crippen molar-refractivity contribution in [3.63, 3.8) is 0 Å². The second-order valence-electron chi connectivity index (χ2n) is 8.35. The van der Waals surface area contributed by atoms with Crippen molar-refractivity contribution < 1.29 is 18.3 Å². The van der Waals surface area contributed by atoms with Gasteiger partial charge in [0.2, 0.25) is 0 Å². The zero-order valence-corrected chi connectivity index (χ0v) is 20.9. The average Bonchev–Trinajstić information content (AvgIpc) is 2.83. The van der Waals surface area contributed by atoms with Crippen LogP contribution in [0, 0.1) is 11.6 Å². The minimum Gasteiger partial charge on any atom is -0.456 e. The number of hydrogen-bond acceptors (Lipinski definition) is 5. The fourth-order valence-corrected chi connectivity index (χ4v) is 4.53. The summed E-state index contributed by atoms with van der Waals surface area (Å²) < 4.78 is 33.2. The van der Waals surface area contributed by atoms with Crippen LogP contribution >= 0.6 is 11.8 Å². The molecule has 35 heavy (non-hydrogen) atoms. The molecule has 0 heterocycles. The predicted octanol–water partition coefficient (Wildman–Crippen LogP) is 5.52. The third-order valence-electron chi connectivity index (χ3n) is 5.58. The summed E-state index contributed by atoms with van der Waals surface area (Å²) >= 11 is 1.64. The van der Waals surface area contributed by atoms with Crippen molar-refractivity contribution >= 4 is 17.7 Å². The smallest absolute Gasteiger partial charge is 0.338 e. The Bertz CT molecular complexity index is 1110. The molecule has 4 nitrogen and oxygen atoms in total. The third-order valence-corrected chi connectivity index (χ3v) is 6.46. The second-order valence-corrected chi connectivity index (χ2v) is 9.69. The van der Waals surface area contributed by atoms with E-state index in [4.69, 9.17) is 10.5 Å². The number of esters is 1. The van der Waals surface area contributed by atoms with Crippen molar-refractivity contribution in [2.75, 3.05) is 12.3 Å². The fraction of sp³-hybridized carbons (Fsp3) is 0.321. The molecular weight excluding hydrogens is 466 g/mol. The Labute approximate surface area is 210 Å². The van der Waals surface area contributed by atoms with Gasteiger partial charge in [0.1, 0.15) is 17.7 Å². The van der Waals surface area contributed by atoms with Crippen molar-refractivity contribution in [3.05, 3.63) is 101 Å². The van der Waals surface area contributed by atoms with E-state index < -0.39 is 29.7 Å². The lowest BCUT2D eigenvalue weighted by atomic mass is 10.0. The number of nitrogens with two attached hydrogens (primary N) is 1. The summed E-state index contributed by atoms with van der Waals surface area (Å²) in [4.78, 5) is 13.9. The molecule has 3 aromatic carbocycles. The monoisotopic (exact) mass is 498 g/mol. The summed E-state index contributed by atoms with van der Waals surface area (Å²) in [5.74, 6) is -0.927. The molecule has 0 spiro atoms. The highest BCUT2D eigenvalue weighted by atomic mass is 32.2. The molecule has 0 radical (unpaired) electrons. The van der Waals surface area contributed by atoms with E-state index in [-0.39, 0.29) is 6.42 Å². The quantitative estimate of drug-likeness (QED) is 0.254. The zero-order chi connectivity index (χ0) is 25.2. The van der Waals surface area contributed by atoms with E-state index in [9.17, 15) is 13.6 Å². The molecule has 0 aliphatic carbocycles. The number of aryl methyl sites for hydroxylation is 1. The molecule has 0 aliphatic heterocycles. The summed E-state index contributed by atoms with van der Waals surface area (Å²) in [5.41, 5.74) is 9.61. The fourth-order valence-electron chi connectivity index (χ4n) is 3.82. The molecule has 3 N–H and O–H groups in total. The molecule has 7 heteroatoms. The molecular formula is C28H32F2N2O2S. The van der Waals surface area contributed by atoms with Gasteiger partial charge in [-0.2, -0.15) is 0 Å². The zero-order valence-electron chi connectivity index (χ0n) is 20.1. The first-order chi connectivity index (χ1) is 16.9. The molecule has 0 unspecified atom stereocenters. The van der Waals surface area contributed by atoms with Gasteiger partial charge in [-0.3, -0.25) is 0 Å². The summed E-state index contributed by atoms with van der Waals surface area (Å²) in [6.07, 6.45) is 0.398. The molecule has 0 saturated carbocycles. The van der Waals surface area contributed by atoms with Gasteiger partial charge in [-0.05, 0) is 65.6 Å². The first-order valence-corrected chi connectivity index (χ1v) is 12.8. The SMILES string of the molecule is CCSc1cccc(C(=O)O[C@H](CNCc2cccc(CC)c2)[C@@H](N)Cc2cc(F)cc(F)c2)c1. The highest BCUT2D eigenvalue weighted by molar-refractivity contribution is 7.99. The first kappa shape index (κ1) is 26.9. The number of carbonyl (C=O) groups excluding carboxylic acids is 1. The molecule has 0 fully saturated rings. The number of carbonyl (C=O) groups is 1. The minimum atomic E-state index is -0.703. The standard InChI is InChI=1S/C28H32F2N2O2S/c1-3-19-7-5-8-20(11-19)17-32-18-27(26(31)14-21-12-23(29)16-24(30)13-21)34-28(33)22-9-6-10-25(15-22)35-4-2/h5-13,15-16,26-27,32H,3-4,14,17-18,31H2,1-2H3/t26-,27+/m0/s1. The van der Waals surface area contributed by atoms with E-state index >= 15 is 0 Å². The largest absolute Gasteiger partial charge is 0.456 e. The van der Waals surface area contributed by atoms with Gasteiger partial charge in [-0.25, -0.2) is 13.6 Å². The van der Waals surface area contributed by atoms with Crippen molar-refractivity contribution in [2.45, 2.75) is 50.3 Å². The Morgan fingerprint density at radius 3 is 2.40 bits per heavy atom. The van der Waals surface area contributed by atoms with Crippen LogP contribution in [0.1, 0.15) is 40.9 Å². The number of ether oxygens (including phenoxy) is 1. The van der Waals surface area contributed by atoms with E-state index in [1.165, 1.54) is 17.7 Å². The molecule has 0 saturated heterocycles. The Morgan fingerprint density at radius 2 is 1.69 bits per heavy atom. The Kier molecular flexibility index (Phi) is 10.3. The van der Waals surface area contributed by atoms with Crippen LogP contribution in [0.25, 0.3) is 0 Å². The van der Waals surface area contributed by atoms with E-state index in [1.807, 2.05) is 31.2 Å². The number of thioether (sulfide) groups is 1. The van der Waals surface area contributed by atoms with Gasteiger partial charge in [0.15, 0.2) is 0 Å². The van der Waals surface area contributed by atoms with Crippen LogP contribution in [0.3, 0.4) is 0 Å². The summed E-state index contributed by atoms with van der Waals surface area (Å²) in [6.45, 7) is 5.02. The number of rotatable bonds is 12. The number of nitrogens with one attached hydrogen (secondary N) is 1. The van der Waals surface area contributed by atoms with Crippen molar-refractivity contribution in [2.24, 2.45) is 5.73 Å². The molecule has 0 amide bonds. The lowest BCUT2D eigenvalue weighted by molar-refractivity contribution is 0.0238. The second kappa shape index (κ2) is 13.4. The maximum atomic E-state index is 13.7. The summed E-state index contributed by atoms with van der Waals surface area (Å²) in [6, 6.07) is 18.2. The highest BCUT2D eigenvalue weighted by Crippen LogP contribution is 2.20. The molecule has 0 aliphatic rings. The Morgan fingerprint density at radius 1 is 0.971 bits per heavy atom. The van der Waals surface area contributed by atoms with Gasteiger partial charge in [-0.15, -0.1) is 11.8 Å². The molecule has 3 aromatic rings. The van der Waals surface area contributed by atoms with Crippen LogP contribution < -0.4 is 11.1 Å². The van der Waals surface area contributed by atoms with Crippen LogP contribution in [-0.4, -0.2) is 30.4 Å². The van der Waals surface area contributed by atoms with Gasteiger partial charge >= 0.3 is 5.97 Å². The Hall–Kier alpha value is -2.74. The number of benzene rings is 3. The van der Waals surface area contributed by atoms with E-state index in [0.717, 1.165) is 28.7 Å². The first-order valence-electron chi connectivity index (χ1n) is 11.8. The minimum absolute atomic E-state index is 0.158. The van der Waals surface area contributed by atoms with Gasteiger partial charge in [0, 0.05) is 30.1 Å². The predicted molar refractivity (Wildman–Crippen MR) is 138 cm³/mol. The topological polar surface area (TPSA) is 64.3 Å². The molecule has 0 bridgehead atoms. The Balaban J connectivity index is 1.72. The van der Waals surface area contributed by atoms with Gasteiger partial charge in [-0.1, -0.05) is 44.2 Å². The lowest BCUT2D eigenvalue weighted by Gasteiger charge is -2.25. The lowest BCUT2D eigenvalue weighted by Crippen LogP contribution is -2.46. The van der Waals surface area contributed by atoms with Crippen LogP contribution in [0.5, 0.6) is 0 Å².